The van der Waals surface area contributed by atoms with E-state index in [-0.39, 0.29) is 11.7 Å². The summed E-state index contributed by atoms with van der Waals surface area (Å²) in [5.41, 5.74) is 2.63. The van der Waals surface area contributed by atoms with E-state index in [1.807, 2.05) is 30.3 Å². The topological polar surface area (TPSA) is 111 Å². The molecule has 0 saturated heterocycles. The highest BCUT2D eigenvalue weighted by molar-refractivity contribution is 7.99. The number of aromatic nitrogens is 3. The number of hydrogen-bond donors (Lipinski definition) is 2. The average Bonchev–Trinajstić information content (AvgIpc) is 3.19. The van der Waals surface area contributed by atoms with Crippen LogP contribution in [-0.4, -0.2) is 26.5 Å². The fourth-order valence-corrected chi connectivity index (χ4v) is 3.81. The van der Waals surface area contributed by atoms with Gasteiger partial charge in [-0.3, -0.25) is 4.79 Å². The van der Waals surface area contributed by atoms with Crippen molar-refractivity contribution in [1.82, 2.24) is 14.9 Å². The Balaban J connectivity index is 1.34. The van der Waals surface area contributed by atoms with E-state index < -0.39 is 0 Å². The van der Waals surface area contributed by atoms with Crippen LogP contribution >= 0.6 is 35.0 Å². The number of carbonyl (C=O) groups excluding carboxylic acids is 1. The smallest absolute Gasteiger partial charge is 0.234 e. The molecule has 0 atom stereocenters. The van der Waals surface area contributed by atoms with Crippen molar-refractivity contribution >= 4 is 57.9 Å². The van der Waals surface area contributed by atoms with Crippen LogP contribution in [0.5, 0.6) is 0 Å². The number of amides is 1. The van der Waals surface area contributed by atoms with Gasteiger partial charge in [0.15, 0.2) is 5.82 Å². The number of thioether (sulfide) groups is 1. The molecular weight excluding hydrogens is 481 g/mol. The standard InChI is InChI=1S/C22H17Cl2N7OS/c23-14-6-11-19(24)18(12-14)21-29-30-22(31(21)25)33-13-20(32)26-15-7-9-17(10-8-15)28-27-16-4-2-1-3-5-16/h1-12H,13,25H2,(H,26,32). The van der Waals surface area contributed by atoms with Gasteiger partial charge in [-0.25, -0.2) is 4.68 Å². The first-order chi connectivity index (χ1) is 16.0. The minimum Gasteiger partial charge on any atom is -0.335 e. The highest BCUT2D eigenvalue weighted by Gasteiger charge is 2.16. The summed E-state index contributed by atoms with van der Waals surface area (Å²) in [6.45, 7) is 0. The number of hydrogen-bond acceptors (Lipinski definition) is 7. The maximum atomic E-state index is 12.4. The molecule has 1 amide bonds. The van der Waals surface area contributed by atoms with Gasteiger partial charge in [-0.05, 0) is 54.6 Å². The Morgan fingerprint density at radius 2 is 1.67 bits per heavy atom. The van der Waals surface area contributed by atoms with Crippen molar-refractivity contribution in [2.24, 2.45) is 10.2 Å². The molecule has 0 radical (unpaired) electrons. The number of nitrogens with one attached hydrogen (secondary N) is 1. The van der Waals surface area contributed by atoms with Gasteiger partial charge in [0, 0.05) is 16.3 Å². The number of azo groups is 1. The van der Waals surface area contributed by atoms with Crippen LogP contribution in [0.1, 0.15) is 0 Å². The van der Waals surface area contributed by atoms with Gasteiger partial charge in [0.25, 0.3) is 0 Å². The summed E-state index contributed by atoms with van der Waals surface area (Å²) in [5.74, 6) is 6.32. The quantitative estimate of drug-likeness (QED) is 0.181. The number of halogens is 2. The predicted octanol–water partition coefficient (Wildman–Crippen LogP) is 6.11. The Labute approximate surface area is 203 Å². The molecule has 0 unspecified atom stereocenters. The van der Waals surface area contributed by atoms with E-state index >= 15 is 0 Å². The second kappa shape index (κ2) is 10.5. The van der Waals surface area contributed by atoms with Crippen molar-refractivity contribution in [2.75, 3.05) is 16.9 Å². The third kappa shape index (κ3) is 5.89. The van der Waals surface area contributed by atoms with Gasteiger partial charge in [0.1, 0.15) is 0 Å². The zero-order valence-corrected chi connectivity index (χ0v) is 19.3. The summed E-state index contributed by atoms with van der Waals surface area (Å²) in [6.07, 6.45) is 0. The monoisotopic (exact) mass is 497 g/mol. The SMILES string of the molecule is Nn1c(SCC(=O)Nc2ccc(N=Nc3ccccc3)cc2)nnc1-c1cc(Cl)ccc1Cl. The molecule has 8 nitrogen and oxygen atoms in total. The lowest BCUT2D eigenvalue weighted by Crippen LogP contribution is -2.16. The highest BCUT2D eigenvalue weighted by Crippen LogP contribution is 2.30. The van der Waals surface area contributed by atoms with E-state index in [1.165, 1.54) is 4.68 Å². The summed E-state index contributed by atoms with van der Waals surface area (Å²) in [4.78, 5) is 12.4. The van der Waals surface area contributed by atoms with Crippen LogP contribution in [-0.2, 0) is 4.79 Å². The Hall–Kier alpha value is -3.40. The van der Waals surface area contributed by atoms with Crippen LogP contribution in [0.2, 0.25) is 10.0 Å². The number of carbonyl (C=O) groups is 1. The first kappa shape index (κ1) is 22.8. The molecule has 0 fully saturated rings. The molecule has 1 aromatic heterocycles. The van der Waals surface area contributed by atoms with Gasteiger partial charge in [0.2, 0.25) is 11.1 Å². The maximum absolute atomic E-state index is 12.4. The summed E-state index contributed by atoms with van der Waals surface area (Å²) in [6, 6.07) is 21.5. The number of benzene rings is 3. The summed E-state index contributed by atoms with van der Waals surface area (Å²) < 4.78 is 1.28. The Morgan fingerprint density at radius 3 is 2.39 bits per heavy atom. The summed E-state index contributed by atoms with van der Waals surface area (Å²) >= 11 is 13.4. The molecule has 4 aromatic rings. The molecule has 4 rings (SSSR count). The Bertz CT molecular complexity index is 1290. The second-order valence-corrected chi connectivity index (χ2v) is 8.51. The molecule has 0 aliphatic heterocycles. The highest BCUT2D eigenvalue weighted by atomic mass is 35.5. The fourth-order valence-electron chi connectivity index (χ4n) is 2.78. The van der Waals surface area contributed by atoms with Gasteiger partial charge in [-0.1, -0.05) is 53.2 Å². The third-order valence-electron chi connectivity index (χ3n) is 4.35. The third-order valence-corrected chi connectivity index (χ3v) is 5.86. The number of nitrogen functional groups attached to an aromatic ring is 1. The van der Waals surface area contributed by atoms with Crippen molar-refractivity contribution < 1.29 is 4.79 Å². The van der Waals surface area contributed by atoms with Crippen molar-refractivity contribution in [3.63, 3.8) is 0 Å². The molecule has 166 valence electrons. The number of nitrogens with two attached hydrogens (primary N) is 1. The molecule has 11 heteroatoms. The van der Waals surface area contributed by atoms with E-state index in [0.717, 1.165) is 17.4 Å². The average molecular weight is 498 g/mol. The number of rotatable bonds is 7. The summed E-state index contributed by atoms with van der Waals surface area (Å²) in [5, 5.41) is 20.6. The molecule has 33 heavy (non-hydrogen) atoms. The number of anilines is 1. The van der Waals surface area contributed by atoms with Crippen LogP contribution in [0.15, 0.2) is 88.2 Å². The summed E-state index contributed by atoms with van der Waals surface area (Å²) in [7, 11) is 0. The largest absolute Gasteiger partial charge is 0.335 e. The van der Waals surface area contributed by atoms with Crippen molar-refractivity contribution in [3.05, 3.63) is 82.8 Å². The minimum atomic E-state index is -0.219. The normalized spacial score (nSPS) is 11.1. The lowest BCUT2D eigenvalue weighted by atomic mass is 10.2. The molecular formula is C22H17Cl2N7OS. The van der Waals surface area contributed by atoms with E-state index in [0.29, 0.717) is 38.0 Å². The van der Waals surface area contributed by atoms with Gasteiger partial charge < -0.3 is 11.2 Å². The van der Waals surface area contributed by atoms with E-state index in [2.05, 4.69) is 25.7 Å². The lowest BCUT2D eigenvalue weighted by molar-refractivity contribution is -0.113. The van der Waals surface area contributed by atoms with Crippen LogP contribution in [0.3, 0.4) is 0 Å². The van der Waals surface area contributed by atoms with Crippen molar-refractivity contribution in [2.45, 2.75) is 5.16 Å². The van der Waals surface area contributed by atoms with Crippen LogP contribution in [0, 0.1) is 0 Å². The Morgan fingerprint density at radius 1 is 0.970 bits per heavy atom. The van der Waals surface area contributed by atoms with Crippen LogP contribution in [0.25, 0.3) is 11.4 Å². The van der Waals surface area contributed by atoms with Crippen molar-refractivity contribution in [1.29, 1.82) is 0 Å². The zero-order chi connectivity index (χ0) is 23.2. The zero-order valence-electron chi connectivity index (χ0n) is 17.0. The molecule has 1 heterocycles. The fraction of sp³-hybridized carbons (Fsp3) is 0.0455. The van der Waals surface area contributed by atoms with Gasteiger partial charge in [-0.2, -0.15) is 10.2 Å². The van der Waals surface area contributed by atoms with Crippen LogP contribution < -0.4 is 11.2 Å². The molecule has 0 bridgehead atoms. The predicted molar refractivity (Wildman–Crippen MR) is 132 cm³/mol. The molecule has 0 saturated carbocycles. The van der Waals surface area contributed by atoms with Gasteiger partial charge in [0.05, 0.1) is 22.2 Å². The van der Waals surface area contributed by atoms with E-state index in [1.54, 1.807) is 42.5 Å². The maximum Gasteiger partial charge on any atom is 0.234 e. The van der Waals surface area contributed by atoms with Crippen LogP contribution in [0.4, 0.5) is 17.1 Å². The van der Waals surface area contributed by atoms with Gasteiger partial charge in [-0.15, -0.1) is 10.2 Å². The molecule has 0 aliphatic rings. The molecule has 0 spiro atoms. The van der Waals surface area contributed by atoms with E-state index in [4.69, 9.17) is 29.0 Å². The first-order valence-corrected chi connectivity index (χ1v) is 11.4. The van der Waals surface area contributed by atoms with E-state index in [9.17, 15) is 4.79 Å². The number of nitrogens with zero attached hydrogens (tertiary/aromatic N) is 5. The van der Waals surface area contributed by atoms with Crippen molar-refractivity contribution in [3.8, 4) is 11.4 Å². The Kier molecular flexibility index (Phi) is 7.23. The van der Waals surface area contributed by atoms with Gasteiger partial charge >= 0.3 is 0 Å². The lowest BCUT2D eigenvalue weighted by Gasteiger charge is -2.07. The molecule has 0 aliphatic carbocycles. The minimum absolute atomic E-state index is 0.0913. The second-order valence-electron chi connectivity index (χ2n) is 6.72. The first-order valence-electron chi connectivity index (χ1n) is 9.65. The molecule has 3 aromatic carbocycles. The molecule has 3 N–H and O–H groups in total.